The van der Waals surface area contributed by atoms with E-state index in [1.165, 1.54) is 0 Å². The van der Waals surface area contributed by atoms with Gasteiger partial charge in [0.05, 0.1) is 0 Å². The van der Waals surface area contributed by atoms with Crippen molar-refractivity contribution in [3.05, 3.63) is 72.1 Å². The fourth-order valence-corrected chi connectivity index (χ4v) is 2.29. The van der Waals surface area contributed by atoms with E-state index in [0.717, 1.165) is 11.1 Å². The Balaban J connectivity index is 1.90. The summed E-state index contributed by atoms with van der Waals surface area (Å²) in [6.45, 7) is 0. The first-order valence-corrected chi connectivity index (χ1v) is 6.84. The van der Waals surface area contributed by atoms with Gasteiger partial charge in [0.15, 0.2) is 0 Å². The van der Waals surface area contributed by atoms with Crippen LogP contribution in [0.4, 0.5) is 0 Å². The normalized spacial score (nSPS) is 12.3. The topological polar surface area (TPSA) is 38.9 Å². The van der Waals surface area contributed by atoms with E-state index in [1.807, 2.05) is 60.7 Å². The van der Waals surface area contributed by atoms with Crippen molar-refractivity contribution in [2.75, 3.05) is 0 Å². The van der Waals surface area contributed by atoms with Crippen molar-refractivity contribution in [2.45, 2.75) is 4.83 Å². The number of nitrogens with zero attached hydrogens (tertiary/aromatic N) is 2. The van der Waals surface area contributed by atoms with Gasteiger partial charge in [-0.05, 0) is 17.7 Å². The van der Waals surface area contributed by atoms with Gasteiger partial charge in [-0.25, -0.2) is 0 Å². The van der Waals surface area contributed by atoms with E-state index in [1.54, 1.807) is 0 Å². The second-order valence-electron chi connectivity index (χ2n) is 4.08. The molecule has 0 bridgehead atoms. The summed E-state index contributed by atoms with van der Waals surface area (Å²) < 4.78 is 5.72. The molecule has 4 heteroatoms. The van der Waals surface area contributed by atoms with Crippen LogP contribution in [0.15, 0.2) is 65.1 Å². The lowest BCUT2D eigenvalue weighted by atomic mass is 10.1. The Morgan fingerprint density at radius 2 is 1.47 bits per heavy atom. The van der Waals surface area contributed by atoms with Crippen LogP contribution >= 0.6 is 15.9 Å². The number of hydrogen-bond acceptors (Lipinski definition) is 3. The van der Waals surface area contributed by atoms with Gasteiger partial charge < -0.3 is 4.42 Å². The molecule has 0 aliphatic rings. The van der Waals surface area contributed by atoms with E-state index in [0.29, 0.717) is 11.8 Å². The average molecular weight is 315 g/mol. The van der Waals surface area contributed by atoms with Crippen LogP contribution < -0.4 is 0 Å². The molecule has 94 valence electrons. The average Bonchev–Trinajstić information content (AvgIpc) is 2.98. The largest absolute Gasteiger partial charge is 0.419 e. The smallest absolute Gasteiger partial charge is 0.247 e. The fraction of sp³-hybridized carbons (Fsp3) is 0.0667. The molecule has 1 aromatic heterocycles. The number of rotatable bonds is 3. The van der Waals surface area contributed by atoms with Crippen molar-refractivity contribution in [1.82, 2.24) is 10.2 Å². The van der Waals surface area contributed by atoms with Gasteiger partial charge in [-0.3, -0.25) is 0 Å². The molecule has 0 radical (unpaired) electrons. The number of aromatic nitrogens is 2. The summed E-state index contributed by atoms with van der Waals surface area (Å²) in [5.74, 6) is 1.10. The molecular formula is C15H11BrN2O. The lowest BCUT2D eigenvalue weighted by Gasteiger charge is -2.04. The summed E-state index contributed by atoms with van der Waals surface area (Å²) >= 11 is 3.58. The third-order valence-electron chi connectivity index (χ3n) is 2.77. The predicted molar refractivity (Wildman–Crippen MR) is 76.9 cm³/mol. The minimum Gasteiger partial charge on any atom is -0.419 e. The van der Waals surface area contributed by atoms with Crippen LogP contribution in [0.3, 0.4) is 0 Å². The van der Waals surface area contributed by atoms with Gasteiger partial charge in [0, 0.05) is 5.56 Å². The highest BCUT2D eigenvalue weighted by atomic mass is 79.9. The summed E-state index contributed by atoms with van der Waals surface area (Å²) in [4.78, 5) is -0.0846. The summed E-state index contributed by atoms with van der Waals surface area (Å²) in [7, 11) is 0. The highest BCUT2D eigenvalue weighted by Gasteiger charge is 2.17. The van der Waals surface area contributed by atoms with E-state index >= 15 is 0 Å². The predicted octanol–water partition coefficient (Wildman–Crippen LogP) is 4.22. The fourth-order valence-electron chi connectivity index (χ4n) is 1.80. The summed E-state index contributed by atoms with van der Waals surface area (Å²) in [5, 5.41) is 8.19. The van der Waals surface area contributed by atoms with Crippen molar-refractivity contribution in [3.8, 4) is 11.5 Å². The molecule has 3 rings (SSSR count). The Morgan fingerprint density at radius 1 is 0.842 bits per heavy atom. The van der Waals surface area contributed by atoms with Crippen molar-refractivity contribution >= 4 is 15.9 Å². The molecule has 0 saturated carbocycles. The molecule has 0 N–H and O–H groups in total. The maximum absolute atomic E-state index is 5.72. The standard InChI is InChI=1S/C15H11BrN2O/c16-13(11-7-3-1-4-8-11)15-18-17-14(19-15)12-9-5-2-6-10-12/h1-10,13H/t13-/m1/s1. The van der Waals surface area contributed by atoms with E-state index in [4.69, 9.17) is 4.42 Å². The maximum Gasteiger partial charge on any atom is 0.247 e. The molecule has 0 aliphatic carbocycles. The molecule has 0 fully saturated rings. The molecule has 3 aromatic rings. The zero-order chi connectivity index (χ0) is 13.1. The van der Waals surface area contributed by atoms with Gasteiger partial charge in [-0.1, -0.05) is 64.5 Å². The van der Waals surface area contributed by atoms with Gasteiger partial charge in [0.2, 0.25) is 11.8 Å². The first-order valence-electron chi connectivity index (χ1n) is 5.92. The molecule has 0 unspecified atom stereocenters. The van der Waals surface area contributed by atoms with Crippen molar-refractivity contribution in [3.63, 3.8) is 0 Å². The lowest BCUT2D eigenvalue weighted by molar-refractivity contribution is 0.517. The molecule has 19 heavy (non-hydrogen) atoms. The monoisotopic (exact) mass is 314 g/mol. The molecule has 1 heterocycles. The molecule has 0 spiro atoms. The third-order valence-corrected chi connectivity index (χ3v) is 3.69. The summed E-state index contributed by atoms with van der Waals surface area (Å²) in [6.07, 6.45) is 0. The van der Waals surface area contributed by atoms with Crippen LogP contribution in [0, 0.1) is 0 Å². The zero-order valence-electron chi connectivity index (χ0n) is 10.0. The molecule has 3 nitrogen and oxygen atoms in total. The molecular weight excluding hydrogens is 304 g/mol. The highest BCUT2D eigenvalue weighted by molar-refractivity contribution is 9.09. The molecule has 0 saturated heterocycles. The Bertz CT molecular complexity index is 652. The second kappa shape index (κ2) is 5.36. The van der Waals surface area contributed by atoms with Gasteiger partial charge in [-0.2, -0.15) is 0 Å². The number of hydrogen-bond donors (Lipinski definition) is 0. The van der Waals surface area contributed by atoms with Crippen LogP contribution in [-0.4, -0.2) is 10.2 Å². The van der Waals surface area contributed by atoms with E-state index in [-0.39, 0.29) is 4.83 Å². The number of alkyl halides is 1. The molecule has 2 aromatic carbocycles. The van der Waals surface area contributed by atoms with Gasteiger partial charge >= 0.3 is 0 Å². The zero-order valence-corrected chi connectivity index (χ0v) is 11.6. The van der Waals surface area contributed by atoms with Crippen LogP contribution in [0.1, 0.15) is 16.3 Å². The lowest BCUT2D eigenvalue weighted by Crippen LogP contribution is -1.92. The van der Waals surface area contributed by atoms with Crippen LogP contribution in [0.25, 0.3) is 11.5 Å². The van der Waals surface area contributed by atoms with Gasteiger partial charge in [0.25, 0.3) is 0 Å². The third kappa shape index (κ3) is 2.58. The van der Waals surface area contributed by atoms with Crippen LogP contribution in [-0.2, 0) is 0 Å². The Labute approximate surface area is 119 Å². The molecule has 1 atom stereocenters. The number of benzene rings is 2. The number of halogens is 1. The van der Waals surface area contributed by atoms with E-state index in [2.05, 4.69) is 26.1 Å². The minimum absolute atomic E-state index is 0.0846. The van der Waals surface area contributed by atoms with Crippen molar-refractivity contribution < 1.29 is 4.42 Å². The Morgan fingerprint density at radius 3 is 2.16 bits per heavy atom. The first kappa shape index (κ1) is 12.1. The first-order chi connectivity index (χ1) is 9.34. The highest BCUT2D eigenvalue weighted by Crippen LogP contribution is 2.31. The van der Waals surface area contributed by atoms with Crippen molar-refractivity contribution in [2.24, 2.45) is 0 Å². The summed E-state index contributed by atoms with van der Waals surface area (Å²) in [5.41, 5.74) is 2.01. The van der Waals surface area contributed by atoms with Crippen LogP contribution in [0.2, 0.25) is 0 Å². The quantitative estimate of drug-likeness (QED) is 0.679. The minimum atomic E-state index is -0.0846. The van der Waals surface area contributed by atoms with E-state index in [9.17, 15) is 0 Å². The van der Waals surface area contributed by atoms with Crippen molar-refractivity contribution in [1.29, 1.82) is 0 Å². The maximum atomic E-state index is 5.72. The SMILES string of the molecule is Br[C@H](c1ccccc1)c1nnc(-c2ccccc2)o1. The summed E-state index contributed by atoms with van der Waals surface area (Å²) in [6, 6.07) is 19.7. The Hall–Kier alpha value is -1.94. The van der Waals surface area contributed by atoms with Gasteiger partial charge in [0.1, 0.15) is 4.83 Å². The van der Waals surface area contributed by atoms with Gasteiger partial charge in [-0.15, -0.1) is 10.2 Å². The Kier molecular flexibility index (Phi) is 3.42. The van der Waals surface area contributed by atoms with Crippen LogP contribution in [0.5, 0.6) is 0 Å². The molecule has 0 amide bonds. The molecule has 0 aliphatic heterocycles. The second-order valence-corrected chi connectivity index (χ2v) is 5.00. The van der Waals surface area contributed by atoms with E-state index < -0.39 is 0 Å².